The van der Waals surface area contributed by atoms with Crippen molar-refractivity contribution in [1.82, 2.24) is 10.2 Å². The van der Waals surface area contributed by atoms with Gasteiger partial charge in [-0.15, -0.1) is 0 Å². The summed E-state index contributed by atoms with van der Waals surface area (Å²) < 4.78 is 0. The lowest BCUT2D eigenvalue weighted by atomic mass is 10.00. The van der Waals surface area contributed by atoms with Crippen LogP contribution in [0.1, 0.15) is 46.9 Å². The van der Waals surface area contributed by atoms with Crippen LogP contribution >= 0.6 is 0 Å². The van der Waals surface area contributed by atoms with E-state index < -0.39 is 0 Å². The van der Waals surface area contributed by atoms with Gasteiger partial charge in [0.25, 0.3) is 0 Å². The van der Waals surface area contributed by atoms with E-state index in [9.17, 15) is 9.59 Å². The smallest absolute Gasteiger partial charge is 0.234 e. The molecule has 0 unspecified atom stereocenters. The maximum absolute atomic E-state index is 12.5. The first-order valence-electron chi connectivity index (χ1n) is 10.3. The molecule has 1 N–H and O–H groups in total. The Labute approximate surface area is 173 Å². The maximum Gasteiger partial charge on any atom is 0.234 e. The van der Waals surface area contributed by atoms with Crippen molar-refractivity contribution in [2.45, 2.75) is 33.7 Å². The molecule has 2 aromatic rings. The molecule has 0 bridgehead atoms. The van der Waals surface area contributed by atoms with Gasteiger partial charge in [-0.1, -0.05) is 23.8 Å². The molecular weight excluding hydrogens is 362 g/mol. The van der Waals surface area contributed by atoms with E-state index in [0.717, 1.165) is 37.4 Å². The average molecular weight is 394 g/mol. The molecule has 29 heavy (non-hydrogen) atoms. The Balaban J connectivity index is 1.49. The number of piperazine rings is 1. The first-order valence-corrected chi connectivity index (χ1v) is 10.3. The largest absolute Gasteiger partial charge is 0.369 e. The highest BCUT2D eigenvalue weighted by Crippen LogP contribution is 2.20. The van der Waals surface area contributed by atoms with E-state index >= 15 is 0 Å². The molecule has 1 saturated heterocycles. The fraction of sp³-hybridized carbons (Fsp3) is 0.417. The summed E-state index contributed by atoms with van der Waals surface area (Å²) >= 11 is 0. The molecule has 0 aromatic heterocycles. The number of anilines is 1. The van der Waals surface area contributed by atoms with E-state index in [1.165, 1.54) is 16.7 Å². The predicted molar refractivity (Wildman–Crippen MR) is 118 cm³/mol. The summed E-state index contributed by atoms with van der Waals surface area (Å²) in [6, 6.07) is 14.1. The zero-order valence-corrected chi connectivity index (χ0v) is 17.9. The maximum atomic E-state index is 12.5. The van der Waals surface area contributed by atoms with Crippen molar-refractivity contribution in [3.05, 3.63) is 64.7 Å². The molecule has 0 saturated carbocycles. The van der Waals surface area contributed by atoms with Crippen molar-refractivity contribution in [2.75, 3.05) is 37.6 Å². The molecule has 1 amide bonds. The van der Waals surface area contributed by atoms with E-state index in [1.807, 2.05) is 31.2 Å². The van der Waals surface area contributed by atoms with E-state index in [1.54, 1.807) is 6.92 Å². The molecule has 5 nitrogen and oxygen atoms in total. The van der Waals surface area contributed by atoms with Crippen LogP contribution in [0.3, 0.4) is 0 Å². The third-order valence-corrected chi connectivity index (χ3v) is 5.66. The van der Waals surface area contributed by atoms with Gasteiger partial charge in [-0.3, -0.25) is 14.5 Å². The Morgan fingerprint density at radius 1 is 1.00 bits per heavy atom. The zero-order valence-electron chi connectivity index (χ0n) is 17.9. The Kier molecular flexibility index (Phi) is 6.70. The minimum absolute atomic E-state index is 0.00322. The summed E-state index contributed by atoms with van der Waals surface area (Å²) in [5.41, 5.74) is 5.45. The minimum Gasteiger partial charge on any atom is -0.369 e. The van der Waals surface area contributed by atoms with Gasteiger partial charge < -0.3 is 10.2 Å². The highest BCUT2D eigenvalue weighted by atomic mass is 16.2. The van der Waals surface area contributed by atoms with E-state index in [0.29, 0.717) is 6.54 Å². The van der Waals surface area contributed by atoms with Gasteiger partial charge in [-0.25, -0.2) is 0 Å². The van der Waals surface area contributed by atoms with E-state index in [-0.39, 0.29) is 17.7 Å². The molecule has 1 heterocycles. The first-order chi connectivity index (χ1) is 13.8. The second-order valence-electron chi connectivity index (χ2n) is 8.02. The number of hydrogen-bond donors (Lipinski definition) is 1. The average Bonchev–Trinajstić information content (AvgIpc) is 2.70. The van der Waals surface area contributed by atoms with Crippen LogP contribution in [-0.2, 0) is 4.79 Å². The van der Waals surface area contributed by atoms with Crippen LogP contribution in [0.25, 0.3) is 0 Å². The second-order valence-corrected chi connectivity index (χ2v) is 8.02. The second kappa shape index (κ2) is 9.23. The topological polar surface area (TPSA) is 52.7 Å². The van der Waals surface area contributed by atoms with Crippen molar-refractivity contribution >= 4 is 17.4 Å². The van der Waals surface area contributed by atoms with Crippen LogP contribution in [0, 0.1) is 13.8 Å². The van der Waals surface area contributed by atoms with Crippen LogP contribution in [-0.4, -0.2) is 49.3 Å². The van der Waals surface area contributed by atoms with Crippen LogP contribution < -0.4 is 10.2 Å². The molecule has 1 atom stereocenters. The number of Topliss-reactive ketones (excluding diaryl/α,β-unsaturated/α-hetero) is 1. The number of rotatable bonds is 6. The molecule has 5 heteroatoms. The normalized spacial score (nSPS) is 15.8. The summed E-state index contributed by atoms with van der Waals surface area (Å²) in [7, 11) is 0. The Morgan fingerprint density at radius 3 is 2.28 bits per heavy atom. The number of ketones is 1. The summed E-state index contributed by atoms with van der Waals surface area (Å²) in [6.07, 6.45) is 0. The number of nitrogens with one attached hydrogen (secondary N) is 1. The van der Waals surface area contributed by atoms with Gasteiger partial charge in [0.1, 0.15) is 0 Å². The summed E-state index contributed by atoms with van der Waals surface area (Å²) in [5.74, 6) is 0.153. The van der Waals surface area contributed by atoms with Crippen molar-refractivity contribution in [2.24, 2.45) is 0 Å². The molecular formula is C24H31N3O2. The van der Waals surface area contributed by atoms with Gasteiger partial charge in [0, 0.05) is 37.4 Å². The predicted octanol–water partition coefficient (Wildman–Crippen LogP) is 3.51. The third-order valence-electron chi connectivity index (χ3n) is 5.66. The van der Waals surface area contributed by atoms with Crippen LogP contribution in [0.2, 0.25) is 0 Å². The van der Waals surface area contributed by atoms with Gasteiger partial charge >= 0.3 is 0 Å². The summed E-state index contributed by atoms with van der Waals surface area (Å²) in [4.78, 5) is 28.5. The number of nitrogens with zero attached hydrogens (tertiary/aromatic N) is 2. The molecule has 2 aromatic carbocycles. The number of aryl methyl sites for hydroxylation is 2. The molecule has 0 radical (unpaired) electrons. The standard InChI is InChI=1S/C24H31N3O2/c1-17-5-6-18(2)23(15-17)19(3)25-24(29)16-26-11-13-27(14-12-26)22-9-7-21(8-10-22)20(4)28/h5-10,15,19H,11-14,16H2,1-4H3,(H,25,29)/t19-/m1/s1. The molecule has 3 rings (SSSR count). The van der Waals surface area contributed by atoms with Gasteiger partial charge in [-0.2, -0.15) is 0 Å². The molecule has 0 spiro atoms. The van der Waals surface area contributed by atoms with Crippen molar-refractivity contribution < 1.29 is 9.59 Å². The quantitative estimate of drug-likeness (QED) is 0.763. The minimum atomic E-state index is 0.00322. The van der Waals surface area contributed by atoms with Crippen LogP contribution in [0.4, 0.5) is 5.69 Å². The summed E-state index contributed by atoms with van der Waals surface area (Å²) in [5, 5.41) is 3.15. The lowest BCUT2D eigenvalue weighted by molar-refractivity contribution is -0.123. The molecule has 154 valence electrons. The Bertz CT molecular complexity index is 868. The van der Waals surface area contributed by atoms with E-state index in [2.05, 4.69) is 47.2 Å². The van der Waals surface area contributed by atoms with E-state index in [4.69, 9.17) is 0 Å². The Morgan fingerprint density at radius 2 is 1.66 bits per heavy atom. The highest BCUT2D eigenvalue weighted by Gasteiger charge is 2.20. The number of carbonyl (C=O) groups excluding carboxylic acids is 2. The molecule has 0 aliphatic carbocycles. The number of carbonyl (C=O) groups is 2. The number of benzene rings is 2. The Hall–Kier alpha value is -2.66. The van der Waals surface area contributed by atoms with Gasteiger partial charge in [0.2, 0.25) is 5.91 Å². The van der Waals surface area contributed by atoms with Crippen molar-refractivity contribution in [1.29, 1.82) is 0 Å². The lowest BCUT2D eigenvalue weighted by Gasteiger charge is -2.36. The van der Waals surface area contributed by atoms with Crippen molar-refractivity contribution in [3.8, 4) is 0 Å². The first kappa shape index (κ1) is 21.1. The fourth-order valence-corrected chi connectivity index (χ4v) is 3.87. The third kappa shape index (κ3) is 5.45. The molecule has 1 aliphatic heterocycles. The number of amides is 1. The van der Waals surface area contributed by atoms with Crippen molar-refractivity contribution in [3.63, 3.8) is 0 Å². The lowest BCUT2D eigenvalue weighted by Crippen LogP contribution is -2.49. The zero-order chi connectivity index (χ0) is 21.0. The number of hydrogen-bond acceptors (Lipinski definition) is 4. The van der Waals surface area contributed by atoms with Gasteiger partial charge in [0.15, 0.2) is 5.78 Å². The summed E-state index contributed by atoms with van der Waals surface area (Å²) in [6.45, 7) is 11.6. The fourth-order valence-electron chi connectivity index (χ4n) is 3.87. The highest BCUT2D eigenvalue weighted by molar-refractivity contribution is 5.94. The SMILES string of the molecule is CC(=O)c1ccc(N2CCN(CC(=O)N[C@H](C)c3cc(C)ccc3C)CC2)cc1. The monoisotopic (exact) mass is 393 g/mol. The van der Waals surface area contributed by atoms with Crippen LogP contribution in [0.5, 0.6) is 0 Å². The van der Waals surface area contributed by atoms with Gasteiger partial charge in [0.05, 0.1) is 12.6 Å². The van der Waals surface area contributed by atoms with Gasteiger partial charge in [-0.05, 0) is 63.1 Å². The molecule has 1 fully saturated rings. The van der Waals surface area contributed by atoms with Crippen LogP contribution in [0.15, 0.2) is 42.5 Å². The molecule has 1 aliphatic rings.